The first-order chi connectivity index (χ1) is 12.2. The van der Waals surface area contributed by atoms with E-state index in [9.17, 15) is 27.2 Å². The zero-order chi connectivity index (χ0) is 19.3. The second kappa shape index (κ2) is 7.94. The molecule has 1 aromatic heterocycles. The minimum atomic E-state index is -4.61. The van der Waals surface area contributed by atoms with Gasteiger partial charge in [-0.2, -0.15) is 13.2 Å². The first-order valence-electron chi connectivity index (χ1n) is 7.60. The molecule has 9 heteroatoms. The minimum absolute atomic E-state index is 0.124. The van der Waals surface area contributed by atoms with E-state index in [1.54, 1.807) is 6.92 Å². The molecule has 0 fully saturated rings. The van der Waals surface area contributed by atoms with Crippen LogP contribution in [0.1, 0.15) is 34.8 Å². The van der Waals surface area contributed by atoms with Crippen LogP contribution in [0.25, 0.3) is 0 Å². The number of amides is 2. The van der Waals surface area contributed by atoms with Crippen LogP contribution in [0, 0.1) is 5.82 Å². The maximum atomic E-state index is 13.7. The fourth-order valence-electron chi connectivity index (χ4n) is 2.04. The lowest BCUT2D eigenvalue weighted by Gasteiger charge is -2.11. The fourth-order valence-corrected chi connectivity index (χ4v) is 2.04. The Balaban J connectivity index is 2.09. The first-order valence-corrected chi connectivity index (χ1v) is 7.60. The normalized spacial score (nSPS) is 11.1. The quantitative estimate of drug-likeness (QED) is 0.793. The summed E-state index contributed by atoms with van der Waals surface area (Å²) in [7, 11) is 0. The molecule has 2 aromatic rings. The first kappa shape index (κ1) is 19.4. The molecule has 0 atom stereocenters. The van der Waals surface area contributed by atoms with Crippen molar-refractivity contribution in [1.82, 2.24) is 10.3 Å². The topological polar surface area (TPSA) is 71.1 Å². The van der Waals surface area contributed by atoms with E-state index in [1.807, 2.05) is 0 Å². The number of carbonyl (C=O) groups is 2. The number of hydrogen-bond donors (Lipinski definition) is 2. The van der Waals surface area contributed by atoms with Crippen LogP contribution in [0.15, 0.2) is 36.5 Å². The summed E-state index contributed by atoms with van der Waals surface area (Å²) in [4.78, 5) is 27.3. The summed E-state index contributed by atoms with van der Waals surface area (Å²) >= 11 is 0. The number of alkyl halides is 3. The summed E-state index contributed by atoms with van der Waals surface area (Å²) in [5.74, 6) is -1.63. The molecule has 0 aliphatic rings. The molecule has 5 nitrogen and oxygen atoms in total. The molecule has 2 rings (SSSR count). The average molecular weight is 369 g/mol. The predicted octanol–water partition coefficient (Wildman–Crippen LogP) is 3.52. The zero-order valence-corrected chi connectivity index (χ0v) is 13.7. The lowest BCUT2D eigenvalue weighted by Crippen LogP contribution is -2.24. The van der Waals surface area contributed by atoms with Gasteiger partial charge in [-0.3, -0.25) is 9.59 Å². The number of halogens is 4. The van der Waals surface area contributed by atoms with E-state index in [-0.39, 0.29) is 29.3 Å². The van der Waals surface area contributed by atoms with Gasteiger partial charge in [-0.1, -0.05) is 6.92 Å². The maximum Gasteiger partial charge on any atom is 0.416 e. The largest absolute Gasteiger partial charge is 0.416 e. The summed E-state index contributed by atoms with van der Waals surface area (Å²) < 4.78 is 51.8. The van der Waals surface area contributed by atoms with Crippen molar-refractivity contribution in [3.05, 3.63) is 59.0 Å². The molecule has 0 saturated carbocycles. The summed E-state index contributed by atoms with van der Waals surface area (Å²) in [6, 6.07) is 4.65. The standard InChI is InChI=1S/C17H15F4N3O2/c1-2-15(25)24-14-8-10(5-6-22-14)16(26)23-9-11-7-12(17(19,20)21)3-4-13(11)18/h3-8H,2,9H2,1H3,(H,23,26)(H,22,24,25). The van der Waals surface area contributed by atoms with Gasteiger partial charge in [-0.15, -0.1) is 0 Å². The van der Waals surface area contributed by atoms with Crippen molar-refractivity contribution in [2.24, 2.45) is 0 Å². The Kier molecular flexibility index (Phi) is 5.91. The van der Waals surface area contributed by atoms with Crippen molar-refractivity contribution in [2.75, 3.05) is 5.32 Å². The number of benzene rings is 1. The smallest absolute Gasteiger partial charge is 0.348 e. The van der Waals surface area contributed by atoms with Crippen LogP contribution in [0.2, 0.25) is 0 Å². The average Bonchev–Trinajstić information content (AvgIpc) is 2.59. The zero-order valence-electron chi connectivity index (χ0n) is 13.7. The van der Waals surface area contributed by atoms with Gasteiger partial charge in [0.25, 0.3) is 5.91 Å². The lowest BCUT2D eigenvalue weighted by atomic mass is 10.1. The van der Waals surface area contributed by atoms with E-state index in [0.717, 1.165) is 0 Å². The molecule has 1 aromatic carbocycles. The number of hydrogen-bond acceptors (Lipinski definition) is 3. The Morgan fingerprint density at radius 2 is 1.88 bits per heavy atom. The molecule has 2 amide bonds. The highest BCUT2D eigenvalue weighted by Crippen LogP contribution is 2.30. The van der Waals surface area contributed by atoms with E-state index in [0.29, 0.717) is 18.2 Å². The van der Waals surface area contributed by atoms with E-state index in [1.165, 1.54) is 18.3 Å². The molecule has 0 unspecified atom stereocenters. The van der Waals surface area contributed by atoms with E-state index in [2.05, 4.69) is 15.6 Å². The number of nitrogens with one attached hydrogen (secondary N) is 2. The van der Waals surface area contributed by atoms with Gasteiger partial charge in [0, 0.05) is 30.3 Å². The molecule has 0 bridgehead atoms. The molecule has 0 spiro atoms. The van der Waals surface area contributed by atoms with Crippen molar-refractivity contribution in [3.8, 4) is 0 Å². The number of carbonyl (C=O) groups excluding carboxylic acids is 2. The third-order valence-electron chi connectivity index (χ3n) is 3.42. The fraction of sp³-hybridized carbons (Fsp3) is 0.235. The number of rotatable bonds is 5. The van der Waals surface area contributed by atoms with Gasteiger partial charge < -0.3 is 10.6 Å². The van der Waals surface area contributed by atoms with Crippen molar-refractivity contribution in [1.29, 1.82) is 0 Å². The molecule has 1 heterocycles. The molecule has 0 radical (unpaired) electrons. The van der Waals surface area contributed by atoms with Crippen LogP contribution in [-0.2, 0) is 17.5 Å². The number of anilines is 1. The van der Waals surface area contributed by atoms with Crippen molar-refractivity contribution >= 4 is 17.6 Å². The molecule has 138 valence electrons. The van der Waals surface area contributed by atoms with Gasteiger partial charge in [0.15, 0.2) is 0 Å². The Morgan fingerprint density at radius 3 is 2.54 bits per heavy atom. The van der Waals surface area contributed by atoms with Gasteiger partial charge in [0.05, 0.1) is 5.56 Å². The van der Waals surface area contributed by atoms with Crippen LogP contribution in [0.3, 0.4) is 0 Å². The van der Waals surface area contributed by atoms with Crippen molar-refractivity contribution < 1.29 is 27.2 Å². The molecular weight excluding hydrogens is 354 g/mol. The summed E-state index contributed by atoms with van der Waals surface area (Å²) in [6.07, 6.45) is -3.08. The van der Waals surface area contributed by atoms with Crippen LogP contribution < -0.4 is 10.6 Å². The predicted molar refractivity (Wildman–Crippen MR) is 85.7 cm³/mol. The highest BCUT2D eigenvalue weighted by atomic mass is 19.4. The Morgan fingerprint density at radius 1 is 1.15 bits per heavy atom. The Hall–Kier alpha value is -2.97. The summed E-state index contributed by atoms with van der Waals surface area (Å²) in [6.45, 7) is 1.23. The Labute approximate surface area is 146 Å². The molecule has 0 aliphatic heterocycles. The number of aromatic nitrogens is 1. The Bertz CT molecular complexity index is 822. The highest BCUT2D eigenvalue weighted by Gasteiger charge is 2.31. The molecule has 0 saturated heterocycles. The van der Waals surface area contributed by atoms with Crippen LogP contribution >= 0.6 is 0 Å². The third kappa shape index (κ3) is 5.01. The SMILES string of the molecule is CCC(=O)Nc1cc(C(=O)NCc2cc(C(F)(F)F)ccc2F)ccn1. The summed E-state index contributed by atoms with van der Waals surface area (Å²) in [5, 5.41) is 4.82. The molecule has 0 aliphatic carbocycles. The number of pyridine rings is 1. The highest BCUT2D eigenvalue weighted by molar-refractivity contribution is 5.96. The van der Waals surface area contributed by atoms with Crippen LogP contribution in [-0.4, -0.2) is 16.8 Å². The second-order valence-electron chi connectivity index (χ2n) is 5.32. The molecule has 2 N–H and O–H groups in total. The van der Waals surface area contributed by atoms with Crippen molar-refractivity contribution in [2.45, 2.75) is 26.1 Å². The van der Waals surface area contributed by atoms with Gasteiger partial charge in [-0.05, 0) is 30.3 Å². The van der Waals surface area contributed by atoms with Gasteiger partial charge in [-0.25, -0.2) is 9.37 Å². The van der Waals surface area contributed by atoms with E-state index >= 15 is 0 Å². The van der Waals surface area contributed by atoms with Gasteiger partial charge in [0.1, 0.15) is 11.6 Å². The van der Waals surface area contributed by atoms with Crippen LogP contribution in [0.4, 0.5) is 23.4 Å². The lowest BCUT2D eigenvalue weighted by molar-refractivity contribution is -0.137. The molecular formula is C17H15F4N3O2. The van der Waals surface area contributed by atoms with E-state index < -0.39 is 30.0 Å². The monoisotopic (exact) mass is 369 g/mol. The molecule has 26 heavy (non-hydrogen) atoms. The summed E-state index contributed by atoms with van der Waals surface area (Å²) in [5.41, 5.74) is -1.17. The van der Waals surface area contributed by atoms with Crippen LogP contribution in [0.5, 0.6) is 0 Å². The minimum Gasteiger partial charge on any atom is -0.348 e. The number of nitrogens with zero attached hydrogens (tertiary/aromatic N) is 1. The van der Waals surface area contributed by atoms with Crippen molar-refractivity contribution in [3.63, 3.8) is 0 Å². The van der Waals surface area contributed by atoms with E-state index in [4.69, 9.17) is 0 Å². The van der Waals surface area contributed by atoms with Gasteiger partial charge >= 0.3 is 6.18 Å². The second-order valence-corrected chi connectivity index (χ2v) is 5.32. The van der Waals surface area contributed by atoms with Gasteiger partial charge in [0.2, 0.25) is 5.91 Å². The third-order valence-corrected chi connectivity index (χ3v) is 3.42. The maximum absolute atomic E-state index is 13.7.